The number of benzene rings is 2. The molecule has 2 heterocycles. The van der Waals surface area contributed by atoms with Crippen molar-refractivity contribution in [2.75, 3.05) is 33.2 Å². The molecule has 2 aromatic carbocycles. The second-order valence-electron chi connectivity index (χ2n) is 6.53. The third kappa shape index (κ3) is 3.12. The zero-order valence-corrected chi connectivity index (χ0v) is 16.4. The third-order valence-corrected chi connectivity index (χ3v) is 4.95. The molecule has 4 rings (SSSR count). The molecule has 0 aliphatic carbocycles. The zero-order valence-electron chi connectivity index (χ0n) is 16.4. The number of carboxylic acid groups (broad SMARTS) is 1. The van der Waals surface area contributed by atoms with Gasteiger partial charge in [-0.1, -0.05) is 0 Å². The normalized spacial score (nSPS) is 12.2. The van der Waals surface area contributed by atoms with E-state index in [1.54, 1.807) is 50.3 Å². The third-order valence-electron chi connectivity index (χ3n) is 4.95. The lowest BCUT2D eigenvalue weighted by Gasteiger charge is -2.13. The lowest BCUT2D eigenvalue weighted by atomic mass is 10.1. The number of nitrogens with zero attached hydrogens (tertiary/aromatic N) is 2. The number of hydrogen-bond acceptors (Lipinski definition) is 6. The first-order chi connectivity index (χ1) is 14.1. The Kier molecular flexibility index (Phi) is 4.75. The fourth-order valence-corrected chi connectivity index (χ4v) is 3.56. The van der Waals surface area contributed by atoms with E-state index in [1.807, 2.05) is 12.1 Å². The van der Waals surface area contributed by atoms with Crippen molar-refractivity contribution in [3.63, 3.8) is 0 Å². The van der Waals surface area contributed by atoms with Gasteiger partial charge in [-0.3, -0.25) is 0 Å². The van der Waals surface area contributed by atoms with Gasteiger partial charge in [0, 0.05) is 17.7 Å². The average molecular weight is 395 g/mol. The van der Waals surface area contributed by atoms with Crippen LogP contribution in [0.15, 0.2) is 36.4 Å². The van der Waals surface area contributed by atoms with E-state index in [0.29, 0.717) is 17.2 Å². The maximum absolute atomic E-state index is 11.1. The molecule has 8 heteroatoms. The van der Waals surface area contributed by atoms with Gasteiger partial charge in [0.25, 0.3) is 0 Å². The van der Waals surface area contributed by atoms with Gasteiger partial charge < -0.3 is 24.6 Å². The van der Waals surface area contributed by atoms with E-state index in [0.717, 1.165) is 41.3 Å². The summed E-state index contributed by atoms with van der Waals surface area (Å²) >= 11 is 0. The molecule has 1 aliphatic rings. The Morgan fingerprint density at radius 1 is 1.07 bits per heavy atom. The SMILES string of the molecule is COc1cc(-c2nn(-c3ccc(C(=O)O)cc3)c3c2CCN3)cc(OC)c1OC. The minimum atomic E-state index is -0.960. The monoisotopic (exact) mass is 395 g/mol. The number of rotatable bonds is 6. The smallest absolute Gasteiger partial charge is 0.335 e. The van der Waals surface area contributed by atoms with Gasteiger partial charge in [-0.05, 0) is 42.8 Å². The van der Waals surface area contributed by atoms with Crippen LogP contribution in [0.4, 0.5) is 5.82 Å². The van der Waals surface area contributed by atoms with Crippen LogP contribution in [-0.2, 0) is 6.42 Å². The van der Waals surface area contributed by atoms with Crippen LogP contribution in [-0.4, -0.2) is 48.7 Å². The molecular formula is C21H21N3O5. The van der Waals surface area contributed by atoms with E-state index in [9.17, 15) is 4.79 Å². The van der Waals surface area contributed by atoms with Crippen molar-refractivity contribution in [2.24, 2.45) is 0 Å². The standard InChI is InChI=1S/C21H21N3O5/c1-27-16-10-13(11-17(28-2)19(16)29-3)18-15-8-9-22-20(15)24(23-18)14-6-4-12(5-7-14)21(25)26/h4-7,10-11,22H,8-9H2,1-3H3,(H,25,26). The molecule has 0 fully saturated rings. The molecular weight excluding hydrogens is 374 g/mol. The van der Waals surface area contributed by atoms with Gasteiger partial charge in [0.15, 0.2) is 11.5 Å². The number of aromatic carboxylic acids is 1. The summed E-state index contributed by atoms with van der Waals surface area (Å²) in [4.78, 5) is 11.1. The number of ether oxygens (including phenoxy) is 3. The molecule has 1 aliphatic heterocycles. The molecule has 2 N–H and O–H groups in total. The van der Waals surface area contributed by atoms with Crippen LogP contribution in [0.25, 0.3) is 16.9 Å². The van der Waals surface area contributed by atoms with Gasteiger partial charge in [0.2, 0.25) is 5.75 Å². The highest BCUT2D eigenvalue weighted by atomic mass is 16.5. The fraction of sp³-hybridized carbons (Fsp3) is 0.238. The van der Waals surface area contributed by atoms with Crippen LogP contribution < -0.4 is 19.5 Å². The van der Waals surface area contributed by atoms with Crippen molar-refractivity contribution in [3.05, 3.63) is 47.5 Å². The van der Waals surface area contributed by atoms with Crippen LogP contribution in [0, 0.1) is 0 Å². The lowest BCUT2D eigenvalue weighted by molar-refractivity contribution is 0.0697. The summed E-state index contributed by atoms with van der Waals surface area (Å²) in [5.41, 5.74) is 3.75. The molecule has 150 valence electrons. The van der Waals surface area contributed by atoms with Crippen molar-refractivity contribution in [1.29, 1.82) is 0 Å². The van der Waals surface area contributed by atoms with Gasteiger partial charge in [0.05, 0.1) is 38.3 Å². The maximum atomic E-state index is 11.1. The molecule has 0 amide bonds. The van der Waals surface area contributed by atoms with Crippen molar-refractivity contribution in [3.8, 4) is 34.2 Å². The number of aromatic nitrogens is 2. The van der Waals surface area contributed by atoms with E-state index >= 15 is 0 Å². The average Bonchev–Trinajstić information content (AvgIpc) is 3.35. The number of carboxylic acids is 1. The van der Waals surface area contributed by atoms with E-state index in [4.69, 9.17) is 24.4 Å². The highest BCUT2D eigenvalue weighted by Gasteiger charge is 2.26. The summed E-state index contributed by atoms with van der Waals surface area (Å²) in [6.45, 7) is 0.803. The van der Waals surface area contributed by atoms with Crippen molar-refractivity contribution < 1.29 is 24.1 Å². The number of methoxy groups -OCH3 is 3. The van der Waals surface area contributed by atoms with E-state index in [2.05, 4.69) is 5.32 Å². The highest BCUT2D eigenvalue weighted by molar-refractivity contribution is 5.87. The molecule has 0 saturated heterocycles. The Labute approximate surface area is 167 Å². The van der Waals surface area contributed by atoms with Gasteiger partial charge in [0.1, 0.15) is 5.82 Å². The second kappa shape index (κ2) is 7.38. The molecule has 3 aromatic rings. The number of nitrogens with one attached hydrogen (secondary N) is 1. The largest absolute Gasteiger partial charge is 0.493 e. The Morgan fingerprint density at radius 3 is 2.28 bits per heavy atom. The molecule has 29 heavy (non-hydrogen) atoms. The van der Waals surface area contributed by atoms with E-state index < -0.39 is 5.97 Å². The molecule has 0 atom stereocenters. The molecule has 8 nitrogen and oxygen atoms in total. The van der Waals surface area contributed by atoms with Gasteiger partial charge >= 0.3 is 5.97 Å². The quantitative estimate of drug-likeness (QED) is 0.662. The van der Waals surface area contributed by atoms with Crippen LogP contribution in [0.1, 0.15) is 15.9 Å². The minimum Gasteiger partial charge on any atom is -0.493 e. The first-order valence-corrected chi connectivity index (χ1v) is 9.07. The molecule has 0 bridgehead atoms. The summed E-state index contributed by atoms with van der Waals surface area (Å²) in [6, 6.07) is 10.4. The van der Waals surface area contributed by atoms with E-state index in [1.165, 1.54) is 0 Å². The van der Waals surface area contributed by atoms with Gasteiger partial charge in [-0.15, -0.1) is 0 Å². The van der Waals surface area contributed by atoms with Crippen LogP contribution in [0.5, 0.6) is 17.2 Å². The zero-order chi connectivity index (χ0) is 20.5. The summed E-state index contributed by atoms with van der Waals surface area (Å²) in [6.07, 6.45) is 0.828. The van der Waals surface area contributed by atoms with Gasteiger partial charge in [-0.25, -0.2) is 9.48 Å². The number of anilines is 1. The predicted octanol–water partition coefficient (Wildman–Crippen LogP) is 3.23. The lowest BCUT2D eigenvalue weighted by Crippen LogP contribution is -2.05. The van der Waals surface area contributed by atoms with Gasteiger partial charge in [-0.2, -0.15) is 5.10 Å². The molecule has 0 spiro atoms. The maximum Gasteiger partial charge on any atom is 0.335 e. The first-order valence-electron chi connectivity index (χ1n) is 9.07. The van der Waals surface area contributed by atoms with E-state index in [-0.39, 0.29) is 5.56 Å². The first kappa shape index (κ1) is 18.7. The highest BCUT2D eigenvalue weighted by Crippen LogP contribution is 2.43. The topological polar surface area (TPSA) is 94.8 Å². The number of fused-ring (bicyclic) bond motifs is 1. The summed E-state index contributed by atoms with van der Waals surface area (Å²) < 4.78 is 18.2. The minimum absolute atomic E-state index is 0.232. The molecule has 0 unspecified atom stereocenters. The van der Waals surface area contributed by atoms with Crippen LogP contribution >= 0.6 is 0 Å². The molecule has 1 aromatic heterocycles. The predicted molar refractivity (Wildman–Crippen MR) is 108 cm³/mol. The Hall–Kier alpha value is -3.68. The molecule has 0 radical (unpaired) electrons. The van der Waals surface area contributed by atoms with Crippen molar-refractivity contribution in [1.82, 2.24) is 9.78 Å². The summed E-state index contributed by atoms with van der Waals surface area (Å²) in [5.74, 6) is 1.58. The summed E-state index contributed by atoms with van der Waals surface area (Å²) in [5, 5.41) is 17.3. The Morgan fingerprint density at radius 2 is 1.72 bits per heavy atom. The fourth-order valence-electron chi connectivity index (χ4n) is 3.56. The summed E-state index contributed by atoms with van der Waals surface area (Å²) in [7, 11) is 4.72. The number of hydrogen-bond donors (Lipinski definition) is 2. The van der Waals surface area contributed by atoms with Crippen molar-refractivity contribution >= 4 is 11.8 Å². The van der Waals surface area contributed by atoms with Crippen LogP contribution in [0.3, 0.4) is 0 Å². The second-order valence-corrected chi connectivity index (χ2v) is 6.53. The van der Waals surface area contributed by atoms with Crippen molar-refractivity contribution in [2.45, 2.75) is 6.42 Å². The number of carbonyl (C=O) groups is 1. The molecule has 0 saturated carbocycles. The van der Waals surface area contributed by atoms with Crippen LogP contribution in [0.2, 0.25) is 0 Å². The Bertz CT molecular complexity index is 1050. The Balaban J connectivity index is 1.85.